The molecule has 0 aliphatic heterocycles. The van der Waals surface area contributed by atoms with E-state index < -0.39 is 4.92 Å². The number of carbonyl (C=O) groups is 1. The second-order valence-corrected chi connectivity index (χ2v) is 5.69. The van der Waals surface area contributed by atoms with Crippen molar-refractivity contribution in [2.24, 2.45) is 17.6 Å². The molecule has 1 saturated carbocycles. The van der Waals surface area contributed by atoms with Gasteiger partial charge in [0.2, 0.25) is 5.91 Å². The van der Waals surface area contributed by atoms with Crippen LogP contribution in [-0.4, -0.2) is 17.4 Å². The Morgan fingerprint density at radius 2 is 2.18 bits per heavy atom. The van der Waals surface area contributed by atoms with Crippen molar-refractivity contribution in [3.63, 3.8) is 0 Å². The fraction of sp³-hybridized carbons (Fsp3) is 0.500. The van der Waals surface area contributed by atoms with E-state index in [1.54, 1.807) is 0 Å². The summed E-state index contributed by atoms with van der Waals surface area (Å²) < 4.78 is 0. The lowest BCUT2D eigenvalue weighted by molar-refractivity contribution is -0.384. The second kappa shape index (κ2) is 8.31. The van der Waals surface area contributed by atoms with Gasteiger partial charge < -0.3 is 11.1 Å². The van der Waals surface area contributed by atoms with Crippen LogP contribution in [0.2, 0.25) is 5.02 Å². The van der Waals surface area contributed by atoms with Crippen molar-refractivity contribution >= 4 is 35.6 Å². The number of amides is 1. The van der Waals surface area contributed by atoms with Crippen LogP contribution in [0, 0.1) is 22.0 Å². The lowest BCUT2D eigenvalue weighted by atomic mass is 9.95. The van der Waals surface area contributed by atoms with Gasteiger partial charge in [0.15, 0.2) is 0 Å². The molecule has 0 unspecified atom stereocenters. The van der Waals surface area contributed by atoms with Crippen LogP contribution >= 0.6 is 24.0 Å². The zero-order chi connectivity index (χ0) is 15.4. The van der Waals surface area contributed by atoms with E-state index in [1.807, 2.05) is 0 Å². The average Bonchev–Trinajstić information content (AvgIpc) is 2.94. The van der Waals surface area contributed by atoms with Gasteiger partial charge in [0.1, 0.15) is 0 Å². The molecule has 0 bridgehead atoms. The van der Waals surface area contributed by atoms with Crippen LogP contribution in [0.4, 0.5) is 5.69 Å². The number of hydrogen-bond donors (Lipinski definition) is 2. The minimum Gasteiger partial charge on any atom is -0.352 e. The van der Waals surface area contributed by atoms with Crippen LogP contribution in [0.3, 0.4) is 0 Å². The summed E-state index contributed by atoms with van der Waals surface area (Å²) in [6.45, 7) is 0.697. The van der Waals surface area contributed by atoms with Crippen molar-refractivity contribution in [2.45, 2.75) is 25.8 Å². The Balaban J connectivity index is 0.00000242. The largest absolute Gasteiger partial charge is 0.352 e. The first kappa shape index (κ1) is 18.7. The van der Waals surface area contributed by atoms with E-state index in [1.165, 1.54) is 18.2 Å². The molecule has 0 spiro atoms. The average molecular weight is 348 g/mol. The number of hydrogen-bond acceptors (Lipinski definition) is 4. The van der Waals surface area contributed by atoms with E-state index in [0.29, 0.717) is 17.1 Å². The predicted molar refractivity (Wildman–Crippen MR) is 87.1 cm³/mol. The van der Waals surface area contributed by atoms with Gasteiger partial charge in [0, 0.05) is 29.6 Å². The fourth-order valence-electron chi connectivity index (χ4n) is 2.79. The van der Waals surface area contributed by atoms with Gasteiger partial charge in [-0.15, -0.1) is 12.4 Å². The molecule has 1 aliphatic rings. The highest BCUT2D eigenvalue weighted by atomic mass is 35.5. The Morgan fingerprint density at radius 1 is 1.45 bits per heavy atom. The van der Waals surface area contributed by atoms with Crippen molar-refractivity contribution in [3.8, 4) is 0 Å². The zero-order valence-electron chi connectivity index (χ0n) is 12.0. The number of benzene rings is 1. The predicted octanol–water partition coefficient (Wildman–Crippen LogP) is 2.66. The molecule has 1 aromatic rings. The SMILES string of the molecule is Cl.NC[C@H]1CCC[C@H]1C(=O)NCc1cc([N+](=O)[O-])ccc1Cl. The molecule has 0 radical (unpaired) electrons. The lowest BCUT2D eigenvalue weighted by Gasteiger charge is -2.17. The highest BCUT2D eigenvalue weighted by Gasteiger charge is 2.31. The van der Waals surface area contributed by atoms with E-state index >= 15 is 0 Å². The van der Waals surface area contributed by atoms with E-state index in [2.05, 4.69) is 5.32 Å². The highest BCUT2D eigenvalue weighted by molar-refractivity contribution is 6.31. The van der Waals surface area contributed by atoms with Gasteiger partial charge in [-0.2, -0.15) is 0 Å². The third-order valence-corrected chi connectivity index (χ3v) is 4.36. The second-order valence-electron chi connectivity index (χ2n) is 5.28. The molecule has 6 nitrogen and oxygen atoms in total. The van der Waals surface area contributed by atoms with Crippen molar-refractivity contribution in [1.29, 1.82) is 0 Å². The first-order chi connectivity index (χ1) is 10.0. The molecule has 0 heterocycles. The summed E-state index contributed by atoms with van der Waals surface area (Å²) in [5.41, 5.74) is 6.18. The third kappa shape index (κ3) is 4.32. The molecule has 122 valence electrons. The zero-order valence-corrected chi connectivity index (χ0v) is 13.5. The van der Waals surface area contributed by atoms with Crippen LogP contribution in [0.25, 0.3) is 0 Å². The molecule has 0 saturated heterocycles. The molecule has 3 N–H and O–H groups in total. The van der Waals surface area contributed by atoms with E-state index in [4.69, 9.17) is 17.3 Å². The maximum atomic E-state index is 12.2. The van der Waals surface area contributed by atoms with Gasteiger partial charge in [-0.05, 0) is 36.9 Å². The number of nitrogens with one attached hydrogen (secondary N) is 1. The summed E-state index contributed by atoms with van der Waals surface area (Å²) >= 11 is 6.01. The molecule has 22 heavy (non-hydrogen) atoms. The van der Waals surface area contributed by atoms with Crippen LogP contribution in [-0.2, 0) is 11.3 Å². The number of nitrogens with zero attached hydrogens (tertiary/aromatic N) is 1. The van der Waals surface area contributed by atoms with E-state index in [0.717, 1.165) is 19.3 Å². The van der Waals surface area contributed by atoms with Crippen molar-refractivity contribution in [3.05, 3.63) is 38.9 Å². The van der Waals surface area contributed by atoms with Crippen LogP contribution < -0.4 is 11.1 Å². The normalized spacial score (nSPS) is 20.3. The molecule has 0 aromatic heterocycles. The van der Waals surface area contributed by atoms with Gasteiger partial charge in [0.05, 0.1) is 4.92 Å². The molecule has 1 amide bonds. The molecule has 2 atom stereocenters. The Morgan fingerprint density at radius 3 is 2.82 bits per heavy atom. The number of rotatable bonds is 5. The summed E-state index contributed by atoms with van der Waals surface area (Å²) in [7, 11) is 0. The summed E-state index contributed by atoms with van der Waals surface area (Å²) in [6.07, 6.45) is 2.83. The summed E-state index contributed by atoms with van der Waals surface area (Å²) in [4.78, 5) is 22.4. The van der Waals surface area contributed by atoms with Crippen LogP contribution in [0.1, 0.15) is 24.8 Å². The monoisotopic (exact) mass is 347 g/mol. The first-order valence-electron chi connectivity index (χ1n) is 6.93. The van der Waals surface area contributed by atoms with Crippen molar-refractivity contribution < 1.29 is 9.72 Å². The Bertz CT molecular complexity index is 554. The minimum absolute atomic E-state index is 0. The van der Waals surface area contributed by atoms with Gasteiger partial charge in [-0.1, -0.05) is 18.0 Å². The number of halogens is 2. The van der Waals surface area contributed by atoms with Crippen LogP contribution in [0.15, 0.2) is 18.2 Å². The fourth-order valence-corrected chi connectivity index (χ4v) is 2.97. The quantitative estimate of drug-likeness (QED) is 0.631. The maximum Gasteiger partial charge on any atom is 0.269 e. The number of nitro benzene ring substituents is 1. The van der Waals surface area contributed by atoms with Crippen LogP contribution in [0.5, 0.6) is 0 Å². The minimum atomic E-state index is -0.483. The molecule has 8 heteroatoms. The molecular formula is C14H19Cl2N3O3. The molecule has 1 fully saturated rings. The third-order valence-electron chi connectivity index (χ3n) is 3.99. The number of nitrogens with two attached hydrogens (primary N) is 1. The van der Waals surface area contributed by atoms with Gasteiger partial charge in [0.25, 0.3) is 5.69 Å². The number of carbonyl (C=O) groups excluding carboxylic acids is 1. The van der Waals surface area contributed by atoms with Gasteiger partial charge in [-0.25, -0.2) is 0 Å². The lowest BCUT2D eigenvalue weighted by Crippen LogP contribution is -2.34. The Hall–Kier alpha value is -1.37. The topological polar surface area (TPSA) is 98.3 Å². The summed E-state index contributed by atoms with van der Waals surface area (Å²) in [5.74, 6) is 0.114. The molecule has 1 aromatic carbocycles. The number of nitro groups is 1. The first-order valence-corrected chi connectivity index (χ1v) is 7.31. The van der Waals surface area contributed by atoms with E-state index in [9.17, 15) is 14.9 Å². The number of non-ortho nitro benzene ring substituents is 1. The van der Waals surface area contributed by atoms with Gasteiger partial charge in [-0.3, -0.25) is 14.9 Å². The van der Waals surface area contributed by atoms with Crippen molar-refractivity contribution in [2.75, 3.05) is 6.54 Å². The van der Waals surface area contributed by atoms with E-state index in [-0.39, 0.29) is 42.4 Å². The molecular weight excluding hydrogens is 329 g/mol. The van der Waals surface area contributed by atoms with Gasteiger partial charge >= 0.3 is 0 Å². The molecule has 1 aliphatic carbocycles. The Labute approximate surface area is 140 Å². The summed E-state index contributed by atoms with van der Waals surface area (Å²) in [5, 5.41) is 14.0. The standard InChI is InChI=1S/C14H18ClN3O3.ClH/c15-13-5-4-11(18(20)21)6-10(13)8-17-14(19)12-3-1-2-9(12)7-16;/h4-6,9,12H,1-3,7-8,16H2,(H,17,19);1H/t9-,12-;/m1./s1. The Kier molecular flexibility index (Phi) is 7.06. The maximum absolute atomic E-state index is 12.2. The van der Waals surface area contributed by atoms with Crippen molar-refractivity contribution in [1.82, 2.24) is 5.32 Å². The smallest absolute Gasteiger partial charge is 0.269 e. The summed E-state index contributed by atoms with van der Waals surface area (Å²) in [6, 6.07) is 4.20. The molecule has 2 rings (SSSR count). The highest BCUT2D eigenvalue weighted by Crippen LogP contribution is 2.31.